The molecule has 1 atom stereocenters. The van der Waals surface area contributed by atoms with Gasteiger partial charge >= 0.3 is 0 Å². The Balaban J connectivity index is 1.50. The molecule has 3 heterocycles. The number of furan rings is 1. The van der Waals surface area contributed by atoms with Crippen LogP contribution >= 0.6 is 23.1 Å². The first kappa shape index (κ1) is 14.8. The summed E-state index contributed by atoms with van der Waals surface area (Å²) in [5.41, 5.74) is 3.52. The summed E-state index contributed by atoms with van der Waals surface area (Å²) in [6.07, 6.45) is 2.64. The van der Waals surface area contributed by atoms with Crippen LogP contribution in [0.5, 0.6) is 0 Å². The summed E-state index contributed by atoms with van der Waals surface area (Å²) < 4.78 is 6.58. The van der Waals surface area contributed by atoms with Crippen molar-refractivity contribution in [1.82, 2.24) is 9.88 Å². The number of carbonyl (C=O) groups is 1. The van der Waals surface area contributed by atoms with Crippen LogP contribution in [0.15, 0.2) is 46.5 Å². The molecule has 1 amide bonds. The fourth-order valence-corrected chi connectivity index (χ4v) is 4.74. The summed E-state index contributed by atoms with van der Waals surface area (Å²) >= 11 is 3.44. The maximum absolute atomic E-state index is 12.8. The summed E-state index contributed by atoms with van der Waals surface area (Å²) in [5, 5.41) is 0.340. The van der Waals surface area contributed by atoms with Crippen molar-refractivity contribution in [2.45, 2.75) is 11.7 Å². The van der Waals surface area contributed by atoms with Gasteiger partial charge in [-0.3, -0.25) is 4.79 Å². The summed E-state index contributed by atoms with van der Waals surface area (Å²) in [6, 6.07) is 9.71. The Hall–Kier alpha value is -1.79. The average molecular weight is 344 g/mol. The first-order valence-corrected chi connectivity index (χ1v) is 9.51. The molecule has 0 aliphatic carbocycles. The zero-order valence-electron chi connectivity index (χ0n) is 12.5. The number of thiazole rings is 1. The first-order chi connectivity index (χ1) is 11.3. The summed E-state index contributed by atoms with van der Waals surface area (Å²) in [4.78, 5) is 19.0. The van der Waals surface area contributed by atoms with Crippen LogP contribution in [0.25, 0.3) is 10.2 Å². The van der Waals surface area contributed by atoms with Crippen molar-refractivity contribution in [3.63, 3.8) is 0 Å². The molecule has 0 saturated carbocycles. The Labute approximate surface area is 142 Å². The molecule has 1 aliphatic rings. The third-order valence-electron chi connectivity index (χ3n) is 4.07. The second-order valence-electron chi connectivity index (χ2n) is 5.49. The van der Waals surface area contributed by atoms with Crippen molar-refractivity contribution in [2.75, 3.05) is 18.8 Å². The summed E-state index contributed by atoms with van der Waals surface area (Å²) in [7, 11) is 0. The van der Waals surface area contributed by atoms with Crippen LogP contribution < -0.4 is 0 Å². The van der Waals surface area contributed by atoms with Gasteiger partial charge in [-0.15, -0.1) is 23.1 Å². The highest BCUT2D eigenvalue weighted by Gasteiger charge is 2.24. The Morgan fingerprint density at radius 2 is 2.26 bits per heavy atom. The number of fused-ring (bicyclic) bond motifs is 1. The van der Waals surface area contributed by atoms with E-state index in [-0.39, 0.29) is 5.91 Å². The molecule has 6 heteroatoms. The maximum atomic E-state index is 12.8. The number of nitrogens with zero attached hydrogens (tertiary/aromatic N) is 2. The van der Waals surface area contributed by atoms with Gasteiger partial charge in [-0.05, 0) is 36.8 Å². The molecule has 4 nitrogen and oxygen atoms in total. The van der Waals surface area contributed by atoms with E-state index in [0.717, 1.165) is 46.8 Å². The van der Waals surface area contributed by atoms with Crippen LogP contribution in [0.2, 0.25) is 0 Å². The smallest absolute Gasteiger partial charge is 0.253 e. The van der Waals surface area contributed by atoms with Gasteiger partial charge in [0, 0.05) is 24.4 Å². The molecule has 118 valence electrons. The van der Waals surface area contributed by atoms with Gasteiger partial charge in [0.1, 0.15) is 5.76 Å². The van der Waals surface area contributed by atoms with Gasteiger partial charge in [0.05, 0.1) is 27.2 Å². The molecule has 1 fully saturated rings. The zero-order valence-corrected chi connectivity index (χ0v) is 14.1. The lowest BCUT2D eigenvalue weighted by atomic mass is 10.1. The van der Waals surface area contributed by atoms with Crippen LogP contribution in [-0.2, 0) is 0 Å². The second-order valence-corrected chi connectivity index (χ2v) is 7.69. The SMILES string of the molecule is O=C(c1ccc2ncsc2c1)N1CCSC(c2ccco2)CC1. The minimum Gasteiger partial charge on any atom is -0.468 e. The maximum Gasteiger partial charge on any atom is 0.253 e. The van der Waals surface area contributed by atoms with Gasteiger partial charge in [-0.1, -0.05) is 0 Å². The van der Waals surface area contributed by atoms with Gasteiger partial charge in [0.25, 0.3) is 5.91 Å². The van der Waals surface area contributed by atoms with Crippen LogP contribution in [0.3, 0.4) is 0 Å². The minimum atomic E-state index is 0.112. The number of hydrogen-bond acceptors (Lipinski definition) is 5. The van der Waals surface area contributed by atoms with E-state index in [2.05, 4.69) is 4.98 Å². The van der Waals surface area contributed by atoms with Crippen molar-refractivity contribution in [1.29, 1.82) is 0 Å². The molecule has 0 N–H and O–H groups in total. The molecule has 0 spiro atoms. The number of aromatic nitrogens is 1. The molecule has 0 bridgehead atoms. The highest BCUT2D eigenvalue weighted by atomic mass is 32.2. The van der Waals surface area contributed by atoms with Crippen LogP contribution in [0, 0.1) is 0 Å². The lowest BCUT2D eigenvalue weighted by molar-refractivity contribution is 0.0766. The fraction of sp³-hybridized carbons (Fsp3) is 0.294. The second kappa shape index (κ2) is 6.37. The molecule has 1 unspecified atom stereocenters. The van der Waals surface area contributed by atoms with Crippen molar-refractivity contribution >= 4 is 39.2 Å². The molecule has 1 aliphatic heterocycles. The Kier molecular flexibility index (Phi) is 4.10. The van der Waals surface area contributed by atoms with Crippen molar-refractivity contribution in [2.24, 2.45) is 0 Å². The number of hydrogen-bond donors (Lipinski definition) is 0. The average Bonchev–Trinajstić information content (AvgIpc) is 3.21. The predicted octanol–water partition coefficient (Wildman–Crippen LogP) is 4.21. The van der Waals surface area contributed by atoms with E-state index >= 15 is 0 Å². The molecular formula is C17H16N2O2S2. The molecule has 1 saturated heterocycles. The van der Waals surface area contributed by atoms with Gasteiger partial charge in [0.15, 0.2) is 0 Å². The molecular weight excluding hydrogens is 328 g/mol. The molecule has 3 aromatic rings. The Morgan fingerprint density at radius 1 is 1.30 bits per heavy atom. The van der Waals surface area contributed by atoms with Crippen molar-refractivity contribution in [3.05, 3.63) is 53.4 Å². The van der Waals surface area contributed by atoms with Gasteiger partial charge in [-0.2, -0.15) is 0 Å². The van der Waals surface area contributed by atoms with Crippen LogP contribution in [0.1, 0.15) is 27.8 Å². The fourth-order valence-electron chi connectivity index (χ4n) is 2.85. The number of carbonyl (C=O) groups excluding carboxylic acids is 1. The van der Waals surface area contributed by atoms with Gasteiger partial charge in [0.2, 0.25) is 0 Å². The largest absolute Gasteiger partial charge is 0.468 e. The highest BCUT2D eigenvalue weighted by molar-refractivity contribution is 7.99. The Bertz CT molecular complexity index is 813. The number of thioether (sulfide) groups is 1. The first-order valence-electron chi connectivity index (χ1n) is 7.59. The van der Waals surface area contributed by atoms with E-state index in [1.165, 1.54) is 0 Å². The van der Waals surface area contributed by atoms with Crippen molar-refractivity contribution in [3.8, 4) is 0 Å². The van der Waals surface area contributed by atoms with E-state index in [4.69, 9.17) is 4.42 Å². The third kappa shape index (κ3) is 3.01. The monoisotopic (exact) mass is 344 g/mol. The third-order valence-corrected chi connectivity index (χ3v) is 6.15. The standard InChI is InChI=1S/C17H16N2O2S2/c20-17(12-3-4-13-16(10-12)23-11-18-13)19-6-5-15(22-9-7-19)14-2-1-8-21-14/h1-4,8,10-11,15H,5-7,9H2. The van der Waals surface area contributed by atoms with E-state index in [1.807, 2.05) is 52.5 Å². The highest BCUT2D eigenvalue weighted by Crippen LogP contribution is 2.34. The molecule has 0 radical (unpaired) electrons. The summed E-state index contributed by atoms with van der Waals surface area (Å²) in [5.74, 6) is 2.05. The van der Waals surface area contributed by atoms with E-state index in [0.29, 0.717) is 5.25 Å². The Morgan fingerprint density at radius 3 is 3.13 bits per heavy atom. The number of amides is 1. The van der Waals surface area contributed by atoms with E-state index in [1.54, 1.807) is 17.6 Å². The zero-order chi connectivity index (χ0) is 15.6. The summed E-state index contributed by atoms with van der Waals surface area (Å²) in [6.45, 7) is 1.54. The normalized spacial score (nSPS) is 19.0. The lowest BCUT2D eigenvalue weighted by Crippen LogP contribution is -2.32. The topological polar surface area (TPSA) is 46.3 Å². The molecule has 4 rings (SSSR count). The van der Waals surface area contributed by atoms with Crippen LogP contribution in [0.4, 0.5) is 0 Å². The molecule has 23 heavy (non-hydrogen) atoms. The number of benzene rings is 1. The molecule has 1 aromatic carbocycles. The predicted molar refractivity (Wildman–Crippen MR) is 94.0 cm³/mol. The minimum absolute atomic E-state index is 0.112. The lowest BCUT2D eigenvalue weighted by Gasteiger charge is -2.20. The molecule has 2 aromatic heterocycles. The quantitative estimate of drug-likeness (QED) is 0.699. The van der Waals surface area contributed by atoms with Gasteiger partial charge < -0.3 is 9.32 Å². The van der Waals surface area contributed by atoms with Crippen LogP contribution in [-0.4, -0.2) is 34.6 Å². The van der Waals surface area contributed by atoms with E-state index in [9.17, 15) is 4.79 Å². The number of rotatable bonds is 2. The van der Waals surface area contributed by atoms with Gasteiger partial charge in [-0.25, -0.2) is 4.98 Å². The van der Waals surface area contributed by atoms with E-state index < -0.39 is 0 Å². The van der Waals surface area contributed by atoms with Crippen molar-refractivity contribution < 1.29 is 9.21 Å².